The lowest BCUT2D eigenvalue weighted by Gasteiger charge is -2.16. The topological polar surface area (TPSA) is 29.1 Å². The summed E-state index contributed by atoms with van der Waals surface area (Å²) in [5.74, 6) is 0.629. The maximum atomic E-state index is 11.9. The van der Waals surface area contributed by atoms with Gasteiger partial charge in [-0.3, -0.25) is 4.79 Å². The first-order valence-corrected chi connectivity index (χ1v) is 5.86. The van der Waals surface area contributed by atoms with E-state index in [9.17, 15) is 4.79 Å². The number of nitrogens with one attached hydrogen (secondary N) is 1. The molecule has 1 aromatic carbocycles. The van der Waals surface area contributed by atoms with Gasteiger partial charge < -0.3 is 5.32 Å². The Kier molecular flexibility index (Phi) is 4.53. The predicted molar refractivity (Wildman–Crippen MR) is 67.6 cm³/mol. The fraction of sp³-hybridized carbons (Fsp3) is 0.500. The second kappa shape index (κ2) is 5.69. The normalized spacial score (nSPS) is 12.6. The van der Waals surface area contributed by atoms with Crippen molar-refractivity contribution in [1.29, 1.82) is 0 Å². The van der Waals surface area contributed by atoms with Crippen molar-refractivity contribution in [1.82, 2.24) is 5.32 Å². The third-order valence-electron chi connectivity index (χ3n) is 2.48. The van der Waals surface area contributed by atoms with Crippen LogP contribution in [0.1, 0.15) is 43.1 Å². The summed E-state index contributed by atoms with van der Waals surface area (Å²) < 4.78 is 0. The number of amides is 1. The van der Waals surface area contributed by atoms with Crippen LogP contribution in [0.2, 0.25) is 0 Å². The van der Waals surface area contributed by atoms with Gasteiger partial charge in [-0.25, -0.2) is 0 Å². The van der Waals surface area contributed by atoms with Gasteiger partial charge in [0.1, 0.15) is 0 Å². The number of aryl methyl sites for hydroxylation is 1. The zero-order chi connectivity index (χ0) is 12.1. The first-order valence-electron chi connectivity index (χ1n) is 5.86. The fourth-order valence-electron chi connectivity index (χ4n) is 1.86. The lowest BCUT2D eigenvalue weighted by atomic mass is 10.0. The van der Waals surface area contributed by atoms with Gasteiger partial charge in [-0.2, -0.15) is 0 Å². The van der Waals surface area contributed by atoms with Crippen molar-refractivity contribution in [2.45, 2.75) is 40.2 Å². The number of benzene rings is 1. The highest BCUT2D eigenvalue weighted by atomic mass is 16.1. The minimum atomic E-state index is 0.0249. The molecule has 2 nitrogen and oxygen atoms in total. The highest BCUT2D eigenvalue weighted by Gasteiger charge is 2.10. The van der Waals surface area contributed by atoms with Gasteiger partial charge in [0.2, 0.25) is 0 Å². The molecule has 1 rings (SSSR count). The van der Waals surface area contributed by atoms with E-state index in [0.717, 1.165) is 17.5 Å². The molecule has 1 N–H and O–H groups in total. The lowest BCUT2D eigenvalue weighted by Crippen LogP contribution is -2.33. The standard InChI is InChI=1S/C14H21NO/c1-10(2)8-12(4)15-14(16)13-7-5-6-11(3)9-13/h5-7,9-10,12H,8H2,1-4H3,(H,15,16)/t12-/m0/s1. The van der Waals surface area contributed by atoms with Crippen LogP contribution in [0, 0.1) is 12.8 Å². The second-order valence-corrected chi connectivity index (χ2v) is 4.87. The van der Waals surface area contributed by atoms with E-state index in [2.05, 4.69) is 19.2 Å². The molecule has 0 spiro atoms. The molecule has 0 aromatic heterocycles. The predicted octanol–water partition coefficient (Wildman–Crippen LogP) is 3.16. The first kappa shape index (κ1) is 12.8. The van der Waals surface area contributed by atoms with Crippen LogP contribution in [0.4, 0.5) is 0 Å². The van der Waals surface area contributed by atoms with Crippen LogP contribution < -0.4 is 5.32 Å². The quantitative estimate of drug-likeness (QED) is 0.828. The molecule has 0 radical (unpaired) electrons. The molecular weight excluding hydrogens is 198 g/mol. The average molecular weight is 219 g/mol. The molecule has 0 saturated carbocycles. The van der Waals surface area contributed by atoms with Crippen LogP contribution in [0.25, 0.3) is 0 Å². The molecule has 1 atom stereocenters. The molecule has 16 heavy (non-hydrogen) atoms. The van der Waals surface area contributed by atoms with Gasteiger partial charge >= 0.3 is 0 Å². The third kappa shape index (κ3) is 4.05. The van der Waals surface area contributed by atoms with E-state index in [4.69, 9.17) is 0 Å². The molecule has 0 aliphatic carbocycles. The van der Waals surface area contributed by atoms with Crippen molar-refractivity contribution >= 4 is 5.91 Å². The first-order chi connectivity index (χ1) is 7.49. The molecule has 0 heterocycles. The largest absolute Gasteiger partial charge is 0.350 e. The number of carbonyl (C=O) groups excluding carboxylic acids is 1. The maximum absolute atomic E-state index is 11.9. The lowest BCUT2D eigenvalue weighted by molar-refractivity contribution is 0.0936. The van der Waals surface area contributed by atoms with E-state index in [1.54, 1.807) is 0 Å². The van der Waals surface area contributed by atoms with Crippen molar-refractivity contribution in [2.75, 3.05) is 0 Å². The zero-order valence-electron chi connectivity index (χ0n) is 10.6. The summed E-state index contributed by atoms with van der Waals surface area (Å²) in [6, 6.07) is 7.90. The molecule has 88 valence electrons. The van der Waals surface area contributed by atoms with Crippen LogP contribution in [0.5, 0.6) is 0 Å². The van der Waals surface area contributed by atoms with Gasteiger partial charge in [0.15, 0.2) is 0 Å². The van der Waals surface area contributed by atoms with E-state index >= 15 is 0 Å². The van der Waals surface area contributed by atoms with Crippen molar-refractivity contribution in [2.24, 2.45) is 5.92 Å². The smallest absolute Gasteiger partial charge is 0.251 e. The van der Waals surface area contributed by atoms with E-state index in [1.807, 2.05) is 38.1 Å². The molecule has 0 aliphatic heterocycles. The van der Waals surface area contributed by atoms with Gasteiger partial charge in [-0.05, 0) is 38.3 Å². The molecular formula is C14H21NO. The molecule has 2 heteroatoms. The molecule has 0 aliphatic rings. The van der Waals surface area contributed by atoms with Crippen LogP contribution >= 0.6 is 0 Å². The molecule has 0 saturated heterocycles. The Morgan fingerprint density at radius 2 is 2.00 bits per heavy atom. The molecule has 1 amide bonds. The Balaban J connectivity index is 2.59. The van der Waals surface area contributed by atoms with Crippen LogP contribution in [0.15, 0.2) is 24.3 Å². The minimum Gasteiger partial charge on any atom is -0.350 e. The Morgan fingerprint density at radius 1 is 1.31 bits per heavy atom. The van der Waals surface area contributed by atoms with Crippen LogP contribution in [-0.2, 0) is 0 Å². The Labute approximate surface area is 98.1 Å². The van der Waals surface area contributed by atoms with E-state index < -0.39 is 0 Å². The minimum absolute atomic E-state index is 0.0249. The molecule has 0 unspecified atom stereocenters. The Hall–Kier alpha value is -1.31. The number of rotatable bonds is 4. The summed E-state index contributed by atoms with van der Waals surface area (Å²) in [7, 11) is 0. The van der Waals surface area contributed by atoms with Crippen molar-refractivity contribution < 1.29 is 4.79 Å². The van der Waals surface area contributed by atoms with Gasteiger partial charge in [-0.1, -0.05) is 31.5 Å². The summed E-state index contributed by atoms with van der Waals surface area (Å²) in [6.45, 7) is 8.37. The van der Waals surface area contributed by atoms with Crippen molar-refractivity contribution in [3.8, 4) is 0 Å². The van der Waals surface area contributed by atoms with Crippen LogP contribution in [0.3, 0.4) is 0 Å². The average Bonchev–Trinajstić information content (AvgIpc) is 2.16. The summed E-state index contributed by atoms with van der Waals surface area (Å²) >= 11 is 0. The van der Waals surface area contributed by atoms with Gasteiger partial charge in [0.25, 0.3) is 5.91 Å². The summed E-state index contributed by atoms with van der Waals surface area (Å²) in [5, 5.41) is 3.02. The Morgan fingerprint density at radius 3 is 2.56 bits per heavy atom. The summed E-state index contributed by atoms with van der Waals surface area (Å²) in [4.78, 5) is 11.9. The van der Waals surface area contributed by atoms with Gasteiger partial charge in [0, 0.05) is 11.6 Å². The zero-order valence-corrected chi connectivity index (χ0v) is 10.6. The fourth-order valence-corrected chi connectivity index (χ4v) is 1.86. The molecule has 1 aromatic rings. The van der Waals surface area contributed by atoms with Crippen molar-refractivity contribution in [3.63, 3.8) is 0 Å². The molecule has 0 fully saturated rings. The summed E-state index contributed by atoms with van der Waals surface area (Å²) in [6.07, 6.45) is 1.01. The van der Waals surface area contributed by atoms with Crippen LogP contribution in [-0.4, -0.2) is 11.9 Å². The van der Waals surface area contributed by atoms with E-state index in [1.165, 1.54) is 0 Å². The molecule has 0 bridgehead atoms. The second-order valence-electron chi connectivity index (χ2n) is 4.87. The van der Waals surface area contributed by atoms with Gasteiger partial charge in [-0.15, -0.1) is 0 Å². The van der Waals surface area contributed by atoms with E-state index in [0.29, 0.717) is 5.92 Å². The van der Waals surface area contributed by atoms with Gasteiger partial charge in [0.05, 0.1) is 0 Å². The number of hydrogen-bond donors (Lipinski definition) is 1. The Bertz CT molecular complexity index is 358. The van der Waals surface area contributed by atoms with E-state index in [-0.39, 0.29) is 11.9 Å². The SMILES string of the molecule is Cc1cccc(C(=O)N[C@@H](C)CC(C)C)c1. The highest BCUT2D eigenvalue weighted by Crippen LogP contribution is 2.07. The monoisotopic (exact) mass is 219 g/mol. The maximum Gasteiger partial charge on any atom is 0.251 e. The summed E-state index contributed by atoms with van der Waals surface area (Å²) in [5.41, 5.74) is 1.86. The third-order valence-corrected chi connectivity index (χ3v) is 2.48. The van der Waals surface area contributed by atoms with Crippen molar-refractivity contribution in [3.05, 3.63) is 35.4 Å². The number of hydrogen-bond acceptors (Lipinski definition) is 1. The highest BCUT2D eigenvalue weighted by molar-refractivity contribution is 5.94. The number of carbonyl (C=O) groups is 1.